The van der Waals surface area contributed by atoms with Gasteiger partial charge in [-0.2, -0.15) is 5.10 Å². The molecule has 1 N–H and O–H groups in total. The first-order valence-corrected chi connectivity index (χ1v) is 6.75. The molecule has 0 aliphatic heterocycles. The van der Waals surface area contributed by atoms with Crippen molar-refractivity contribution in [2.75, 3.05) is 7.11 Å². The summed E-state index contributed by atoms with van der Waals surface area (Å²) in [5.41, 5.74) is 0.847. The normalized spacial score (nSPS) is 10.9. The van der Waals surface area contributed by atoms with Crippen molar-refractivity contribution >= 4 is 27.4 Å². The van der Waals surface area contributed by atoms with Gasteiger partial charge in [-0.15, -0.1) is 11.3 Å². The van der Waals surface area contributed by atoms with E-state index in [4.69, 9.17) is 9.84 Å². The number of hydrogen-bond donors (Lipinski definition) is 1. The fourth-order valence-corrected chi connectivity index (χ4v) is 3.21. The molecule has 3 aromatic rings. The van der Waals surface area contributed by atoms with Crippen LogP contribution in [0.3, 0.4) is 0 Å². The van der Waals surface area contributed by atoms with Crippen LogP contribution < -0.4 is 4.74 Å². The Balaban J connectivity index is 2.12. The predicted octanol–water partition coefficient (Wildman–Crippen LogP) is 3.01. The molecule has 6 heteroatoms. The van der Waals surface area contributed by atoms with Crippen LogP contribution in [0.25, 0.3) is 20.7 Å². The molecule has 0 fully saturated rings. The zero-order chi connectivity index (χ0) is 14.3. The van der Waals surface area contributed by atoms with E-state index >= 15 is 0 Å². The van der Waals surface area contributed by atoms with E-state index in [1.807, 2.05) is 24.3 Å². The minimum absolute atomic E-state index is 0.0533. The second-order valence-electron chi connectivity index (χ2n) is 4.36. The Hall–Kier alpha value is -2.34. The summed E-state index contributed by atoms with van der Waals surface area (Å²) >= 11 is 1.59. The Kier molecular flexibility index (Phi) is 2.94. The molecule has 20 heavy (non-hydrogen) atoms. The van der Waals surface area contributed by atoms with Crippen molar-refractivity contribution in [3.8, 4) is 16.3 Å². The highest BCUT2D eigenvalue weighted by atomic mass is 32.1. The third-order valence-electron chi connectivity index (χ3n) is 3.08. The van der Waals surface area contributed by atoms with Gasteiger partial charge in [-0.3, -0.25) is 4.68 Å². The molecule has 0 amide bonds. The maximum atomic E-state index is 11.0. The fraction of sp³-hybridized carbons (Fsp3) is 0.143. The van der Waals surface area contributed by atoms with E-state index in [0.717, 1.165) is 26.4 Å². The van der Waals surface area contributed by atoms with Gasteiger partial charge in [0.05, 0.1) is 17.7 Å². The first-order valence-electron chi connectivity index (χ1n) is 5.94. The number of aromatic nitrogens is 2. The summed E-state index contributed by atoms with van der Waals surface area (Å²) < 4.78 is 7.89. The van der Waals surface area contributed by atoms with Crippen molar-refractivity contribution in [1.29, 1.82) is 0 Å². The lowest BCUT2D eigenvalue weighted by Crippen LogP contribution is -1.99. The summed E-state index contributed by atoms with van der Waals surface area (Å²) in [7, 11) is 3.38. The lowest BCUT2D eigenvalue weighted by atomic mass is 10.2. The van der Waals surface area contributed by atoms with Gasteiger partial charge < -0.3 is 9.84 Å². The largest absolute Gasteiger partial charge is 0.497 e. The molecule has 0 saturated heterocycles. The number of hydrogen-bond acceptors (Lipinski definition) is 4. The summed E-state index contributed by atoms with van der Waals surface area (Å²) in [6.45, 7) is 0. The van der Waals surface area contributed by atoms with Gasteiger partial charge in [-0.05, 0) is 35.7 Å². The molecular weight excluding hydrogens is 276 g/mol. The number of methoxy groups -OCH3 is 1. The van der Waals surface area contributed by atoms with Crippen LogP contribution in [0.2, 0.25) is 0 Å². The van der Waals surface area contributed by atoms with Gasteiger partial charge >= 0.3 is 5.97 Å². The zero-order valence-corrected chi connectivity index (χ0v) is 11.8. The van der Waals surface area contributed by atoms with Crippen molar-refractivity contribution in [1.82, 2.24) is 9.78 Å². The number of ether oxygens (including phenoxy) is 1. The molecule has 0 saturated carbocycles. The summed E-state index contributed by atoms with van der Waals surface area (Å²) in [4.78, 5) is 11.9. The quantitative estimate of drug-likeness (QED) is 0.804. The molecule has 2 heterocycles. The number of rotatable bonds is 3. The standard InChI is InChI=1S/C14H12N2O3S/c1-16-11(7-10(15-16)14(17)18)13-5-8-3-4-9(19-2)6-12(8)20-13/h3-7H,1-2H3,(H,17,18). The van der Waals surface area contributed by atoms with Crippen LogP contribution in [-0.4, -0.2) is 28.0 Å². The average Bonchev–Trinajstić information content (AvgIpc) is 3.00. The molecule has 0 aliphatic carbocycles. The van der Waals surface area contributed by atoms with E-state index < -0.39 is 5.97 Å². The highest BCUT2D eigenvalue weighted by molar-refractivity contribution is 7.22. The molecule has 5 nitrogen and oxygen atoms in total. The topological polar surface area (TPSA) is 64.3 Å². The van der Waals surface area contributed by atoms with E-state index in [2.05, 4.69) is 5.10 Å². The number of fused-ring (bicyclic) bond motifs is 1. The average molecular weight is 288 g/mol. The first-order chi connectivity index (χ1) is 9.58. The molecule has 0 spiro atoms. The lowest BCUT2D eigenvalue weighted by molar-refractivity contribution is 0.0689. The number of thiophene rings is 1. The first kappa shape index (κ1) is 12.7. The van der Waals surface area contributed by atoms with Crippen molar-refractivity contribution in [3.05, 3.63) is 36.0 Å². The number of carboxylic acid groups (broad SMARTS) is 1. The Morgan fingerprint density at radius 2 is 2.15 bits per heavy atom. The van der Waals surface area contributed by atoms with Crippen molar-refractivity contribution in [3.63, 3.8) is 0 Å². The van der Waals surface area contributed by atoms with E-state index in [9.17, 15) is 4.79 Å². The Morgan fingerprint density at radius 3 is 2.80 bits per heavy atom. The van der Waals surface area contributed by atoms with Gasteiger partial charge in [0.15, 0.2) is 5.69 Å². The number of aromatic carboxylic acids is 1. The Bertz CT molecular complexity index is 804. The molecule has 3 rings (SSSR count). The summed E-state index contributed by atoms with van der Waals surface area (Å²) in [5.74, 6) is -0.211. The van der Waals surface area contributed by atoms with Crippen molar-refractivity contribution in [2.45, 2.75) is 0 Å². The lowest BCUT2D eigenvalue weighted by Gasteiger charge is -1.97. The number of aryl methyl sites for hydroxylation is 1. The van der Waals surface area contributed by atoms with Crippen LogP contribution >= 0.6 is 11.3 Å². The highest BCUT2D eigenvalue weighted by Gasteiger charge is 2.14. The molecule has 102 valence electrons. The predicted molar refractivity (Wildman–Crippen MR) is 77.5 cm³/mol. The summed E-state index contributed by atoms with van der Waals surface area (Å²) in [6.07, 6.45) is 0. The number of carbonyl (C=O) groups is 1. The SMILES string of the molecule is COc1ccc2cc(-c3cc(C(=O)O)nn3C)sc2c1. The molecule has 0 radical (unpaired) electrons. The highest BCUT2D eigenvalue weighted by Crippen LogP contribution is 2.35. The number of nitrogens with zero attached hydrogens (tertiary/aromatic N) is 2. The smallest absolute Gasteiger partial charge is 0.356 e. The molecular formula is C14H12N2O3S. The van der Waals surface area contributed by atoms with Gasteiger partial charge in [0.25, 0.3) is 0 Å². The van der Waals surface area contributed by atoms with Gasteiger partial charge in [0.2, 0.25) is 0 Å². The molecule has 0 atom stereocenters. The number of benzene rings is 1. The van der Waals surface area contributed by atoms with Gasteiger partial charge in [0.1, 0.15) is 5.75 Å². The van der Waals surface area contributed by atoms with Gasteiger partial charge in [-0.1, -0.05) is 0 Å². The van der Waals surface area contributed by atoms with Crippen LogP contribution in [0.15, 0.2) is 30.3 Å². The summed E-state index contributed by atoms with van der Waals surface area (Å²) in [5, 5.41) is 14.1. The Morgan fingerprint density at radius 1 is 1.35 bits per heavy atom. The monoisotopic (exact) mass is 288 g/mol. The zero-order valence-electron chi connectivity index (χ0n) is 11.0. The minimum Gasteiger partial charge on any atom is -0.497 e. The molecule has 0 aliphatic rings. The maximum absolute atomic E-state index is 11.0. The molecule has 0 unspecified atom stereocenters. The third-order valence-corrected chi connectivity index (χ3v) is 4.20. The fourth-order valence-electron chi connectivity index (χ4n) is 2.07. The van der Waals surface area contributed by atoms with Crippen LogP contribution in [0, 0.1) is 0 Å². The van der Waals surface area contributed by atoms with Crippen LogP contribution in [0.1, 0.15) is 10.5 Å². The molecule has 1 aromatic carbocycles. The van der Waals surface area contributed by atoms with E-state index in [1.54, 1.807) is 36.2 Å². The molecule has 0 bridgehead atoms. The second-order valence-corrected chi connectivity index (χ2v) is 5.44. The second kappa shape index (κ2) is 4.64. The number of carboxylic acids is 1. The van der Waals surface area contributed by atoms with E-state index in [1.165, 1.54) is 0 Å². The van der Waals surface area contributed by atoms with Crippen LogP contribution in [0.4, 0.5) is 0 Å². The Labute approximate surface area is 119 Å². The maximum Gasteiger partial charge on any atom is 0.356 e. The van der Waals surface area contributed by atoms with E-state index in [-0.39, 0.29) is 5.69 Å². The van der Waals surface area contributed by atoms with Crippen molar-refractivity contribution in [2.24, 2.45) is 7.05 Å². The third kappa shape index (κ3) is 2.04. The van der Waals surface area contributed by atoms with E-state index in [0.29, 0.717) is 0 Å². The minimum atomic E-state index is -1.02. The van der Waals surface area contributed by atoms with Crippen LogP contribution in [-0.2, 0) is 7.05 Å². The van der Waals surface area contributed by atoms with Crippen molar-refractivity contribution < 1.29 is 14.6 Å². The summed E-state index contributed by atoms with van der Waals surface area (Å²) in [6, 6.07) is 9.48. The molecule has 2 aromatic heterocycles. The van der Waals surface area contributed by atoms with Gasteiger partial charge in [0, 0.05) is 11.7 Å². The van der Waals surface area contributed by atoms with Gasteiger partial charge in [-0.25, -0.2) is 4.79 Å². The van der Waals surface area contributed by atoms with Crippen LogP contribution in [0.5, 0.6) is 5.75 Å².